The summed E-state index contributed by atoms with van der Waals surface area (Å²) in [5.74, 6) is -3.46. The van der Waals surface area contributed by atoms with Crippen LogP contribution >= 0.6 is 43.1 Å². The number of halogens is 2. The molecule has 0 aliphatic carbocycles. The lowest BCUT2D eigenvalue weighted by Gasteiger charge is -2.25. The number of fused-ring (bicyclic) bond motifs is 6. The highest BCUT2D eigenvalue weighted by Crippen LogP contribution is 2.49. The number of hydrogen-bond donors (Lipinski definition) is 7. The number of anilines is 3. The molecule has 3 aliphatic heterocycles. The van der Waals surface area contributed by atoms with Gasteiger partial charge in [0.15, 0.2) is 0 Å². The minimum absolute atomic E-state index is 0.000425. The lowest BCUT2D eigenvalue weighted by Crippen LogP contribution is -2.54. The number of thiophene rings is 1. The molecule has 113 heavy (non-hydrogen) atoms. The van der Waals surface area contributed by atoms with E-state index in [9.17, 15) is 57.7 Å². The molecule has 4 heterocycles. The van der Waals surface area contributed by atoms with Gasteiger partial charge in [0.05, 0.1) is 114 Å². The summed E-state index contributed by atoms with van der Waals surface area (Å²) in [6, 6.07) is 24.5. The second kappa shape index (κ2) is 44.5. The standard InChI is InChI=1S/C77H95Cl2N10O22PS/c1-49(2)70(84-65(90)23-29-103-32-34-105-36-38-107-40-41-108-39-37-106-35-33-104-31-28-87-66(91)21-22-67(87)92)72(94)83-58(14-9-24-81-75(80)97)71(93)82-53-17-15-50(16-18-53)48-109-76(98)85(3)25-26-86(27-30-102-4)77(99)110-61-42-59-68(56-12-7-5-10-54(56)61)51(44-78)46-88(59)73(95)63-19-20-64(113-63)74(96)89-47-52(45-79)69-57-13-8-6-11-55(57)62(43-60(69)89)111-112(100)101/h5-8,10-13,15-22,42-43,49,51-52,58,70,100-101H,9,14,23-41,44-48H2,1-4H3,(H,82,93)(H,83,94)(H,84,90)(H3,80,81,97)/t51-,52-,58+,70?/m1/s1. The maximum absolute atomic E-state index is 14.8. The molecule has 610 valence electrons. The number of carbonyl (C=O) groups is 10. The van der Waals surface area contributed by atoms with E-state index in [0.717, 1.165) is 32.7 Å². The highest BCUT2D eigenvalue weighted by atomic mass is 35.5. The molecule has 11 amide bonds. The number of methoxy groups -OCH3 is 1. The molecule has 0 saturated heterocycles. The second-order valence-corrected chi connectivity index (χ2v) is 29.0. The first kappa shape index (κ1) is 87.8. The van der Waals surface area contributed by atoms with Gasteiger partial charge in [0.2, 0.25) is 17.7 Å². The summed E-state index contributed by atoms with van der Waals surface area (Å²) in [4.78, 5) is 160. The number of nitrogens with two attached hydrogens (primary N) is 1. The zero-order valence-electron chi connectivity index (χ0n) is 63.1. The highest BCUT2D eigenvalue weighted by Gasteiger charge is 2.40. The van der Waals surface area contributed by atoms with Crippen molar-refractivity contribution in [2.45, 2.75) is 63.6 Å². The Hall–Kier alpha value is -9.19. The predicted octanol–water partition coefficient (Wildman–Crippen LogP) is 7.75. The molecular formula is C77H95Cl2N10O22PS. The van der Waals surface area contributed by atoms with Crippen molar-refractivity contribution >= 4 is 141 Å². The van der Waals surface area contributed by atoms with Gasteiger partial charge in [0.25, 0.3) is 23.6 Å². The van der Waals surface area contributed by atoms with Crippen molar-refractivity contribution in [2.75, 3.05) is 173 Å². The molecular weight excluding hydrogens is 1550 g/mol. The van der Waals surface area contributed by atoms with E-state index in [4.69, 9.17) is 76.1 Å². The largest absolute Gasteiger partial charge is 0.445 e. The van der Waals surface area contributed by atoms with Crippen molar-refractivity contribution in [3.8, 4) is 11.5 Å². The first-order valence-electron chi connectivity index (χ1n) is 36.8. The molecule has 0 saturated carbocycles. The fourth-order valence-corrected chi connectivity index (χ4v) is 14.5. The van der Waals surface area contributed by atoms with Crippen LogP contribution in [0.2, 0.25) is 0 Å². The van der Waals surface area contributed by atoms with Crippen LogP contribution in [-0.2, 0) is 68.5 Å². The normalized spacial score (nSPS) is 14.9. The Bertz CT molecular complexity index is 4290. The van der Waals surface area contributed by atoms with E-state index >= 15 is 0 Å². The molecule has 4 atom stereocenters. The van der Waals surface area contributed by atoms with Crippen LogP contribution in [0.4, 0.5) is 31.4 Å². The molecule has 0 radical (unpaired) electrons. The van der Waals surface area contributed by atoms with Gasteiger partial charge in [-0.1, -0.05) is 74.5 Å². The number of nitrogens with one attached hydrogen (secondary N) is 4. The third kappa shape index (κ3) is 24.9. The van der Waals surface area contributed by atoms with Gasteiger partial charge in [-0.3, -0.25) is 38.5 Å². The van der Waals surface area contributed by atoms with Crippen LogP contribution in [0.1, 0.15) is 81.0 Å². The Balaban J connectivity index is 0.708. The Morgan fingerprint density at radius 1 is 0.628 bits per heavy atom. The summed E-state index contributed by atoms with van der Waals surface area (Å²) in [6.45, 7) is 7.61. The van der Waals surface area contributed by atoms with E-state index in [-0.39, 0.29) is 161 Å². The topological polar surface area (TPSA) is 394 Å². The van der Waals surface area contributed by atoms with Gasteiger partial charge in [0.1, 0.15) is 30.2 Å². The lowest BCUT2D eigenvalue weighted by molar-refractivity contribution is -0.137. The molecule has 0 spiro atoms. The summed E-state index contributed by atoms with van der Waals surface area (Å²) in [7, 11) is 0.203. The Labute approximate surface area is 668 Å². The monoisotopic (exact) mass is 1640 g/mol. The van der Waals surface area contributed by atoms with E-state index in [1.165, 1.54) is 36.1 Å². The van der Waals surface area contributed by atoms with Crippen LogP contribution in [0.3, 0.4) is 0 Å². The lowest BCUT2D eigenvalue weighted by atomic mass is 9.95. The molecule has 6 aromatic rings. The van der Waals surface area contributed by atoms with Crippen LogP contribution < -0.4 is 46.1 Å². The van der Waals surface area contributed by atoms with Gasteiger partial charge in [-0.2, -0.15) is 0 Å². The average molecular weight is 1650 g/mol. The van der Waals surface area contributed by atoms with E-state index in [2.05, 4.69) is 21.3 Å². The number of ether oxygens (including phenoxy) is 9. The number of benzene rings is 5. The number of imide groups is 1. The molecule has 5 aromatic carbocycles. The molecule has 3 aliphatic rings. The van der Waals surface area contributed by atoms with Gasteiger partial charge in [-0.25, -0.2) is 14.4 Å². The SMILES string of the molecule is COCCN(CCN(C)C(=O)OCc1ccc(NC(=O)[C@H](CCCNC(N)=O)NC(=O)C(NC(=O)CCOCCOCCOCCOCCOCCOCCN2C(=O)C=CC2=O)C(C)C)cc1)C(=O)Oc1cc2c(c3ccccc13)[C@H](CCl)CN2C(=O)c1ccc(C(=O)N2C[C@@H](CCl)c3c2cc(OP(O)O)c2ccccc32)s1. The minimum atomic E-state index is -2.78. The average Bonchev–Trinajstić information content (AvgIpc) is 1.58. The first-order valence-corrected chi connectivity index (χ1v) is 39.8. The summed E-state index contributed by atoms with van der Waals surface area (Å²) >= 11 is 14.2. The number of hydrogen-bond acceptors (Lipinski definition) is 23. The minimum Gasteiger partial charge on any atom is -0.445 e. The van der Waals surface area contributed by atoms with Crippen molar-refractivity contribution in [2.24, 2.45) is 11.7 Å². The molecule has 1 aromatic heterocycles. The van der Waals surface area contributed by atoms with Crippen LogP contribution in [0.5, 0.6) is 11.5 Å². The zero-order valence-corrected chi connectivity index (χ0v) is 66.4. The molecule has 9 rings (SSSR count). The van der Waals surface area contributed by atoms with E-state index in [1.54, 1.807) is 96.4 Å². The number of primary amides is 1. The smallest absolute Gasteiger partial charge is 0.415 e. The predicted molar refractivity (Wildman–Crippen MR) is 423 cm³/mol. The van der Waals surface area contributed by atoms with E-state index in [1.807, 2.05) is 24.3 Å². The quantitative estimate of drug-likeness (QED) is 0.00830. The number of likely N-dealkylation sites (N-methyl/N-ethyl adjacent to an activating group) is 1. The molecule has 32 nitrogen and oxygen atoms in total. The first-order chi connectivity index (χ1) is 54.6. The van der Waals surface area contributed by atoms with Crippen LogP contribution in [0, 0.1) is 5.92 Å². The summed E-state index contributed by atoms with van der Waals surface area (Å²) < 4.78 is 55.6. The molecule has 0 fully saturated rings. The fraction of sp³-hybridized carbons (Fsp3) is 0.455. The third-order valence-corrected chi connectivity index (χ3v) is 20.7. The van der Waals surface area contributed by atoms with Gasteiger partial charge in [-0.15, -0.1) is 34.5 Å². The van der Waals surface area contributed by atoms with Crippen molar-refractivity contribution in [3.63, 3.8) is 0 Å². The number of urea groups is 1. The molecule has 36 heteroatoms. The van der Waals surface area contributed by atoms with Crippen LogP contribution in [0.25, 0.3) is 21.5 Å². The number of amides is 11. The Morgan fingerprint density at radius 2 is 1.14 bits per heavy atom. The number of carbonyl (C=O) groups excluding carboxylic acids is 10. The number of rotatable bonds is 46. The second-order valence-electron chi connectivity index (χ2n) is 26.6. The Kier molecular flexibility index (Phi) is 34.5. The maximum Gasteiger partial charge on any atom is 0.415 e. The van der Waals surface area contributed by atoms with Crippen molar-refractivity contribution in [1.29, 1.82) is 0 Å². The van der Waals surface area contributed by atoms with Gasteiger partial charge < -0.3 is 104 Å². The van der Waals surface area contributed by atoms with Crippen LogP contribution in [0.15, 0.2) is 109 Å². The molecule has 8 N–H and O–H groups in total. The summed E-state index contributed by atoms with van der Waals surface area (Å²) in [5.41, 5.74) is 8.72. The maximum atomic E-state index is 14.8. The highest BCUT2D eigenvalue weighted by molar-refractivity contribution is 7.39. The van der Waals surface area contributed by atoms with E-state index < -0.39 is 74.4 Å². The summed E-state index contributed by atoms with van der Waals surface area (Å²) in [5, 5.41) is 13.4. The zero-order chi connectivity index (χ0) is 80.9. The van der Waals surface area contributed by atoms with Crippen LogP contribution in [-0.4, -0.2) is 254 Å². The van der Waals surface area contributed by atoms with Crippen molar-refractivity contribution < 1.29 is 105 Å². The third-order valence-electron chi connectivity index (χ3n) is 18.5. The van der Waals surface area contributed by atoms with Gasteiger partial charge in [0, 0.05) is 124 Å². The fourth-order valence-electron chi connectivity index (χ4n) is 12.7. The Morgan fingerprint density at radius 3 is 1.65 bits per heavy atom. The van der Waals surface area contributed by atoms with E-state index in [0.29, 0.717) is 91.6 Å². The number of alkyl halides is 2. The van der Waals surface area contributed by atoms with Crippen molar-refractivity contribution in [1.82, 2.24) is 30.7 Å². The summed E-state index contributed by atoms with van der Waals surface area (Å²) in [6.07, 6.45) is 1.24. The van der Waals surface area contributed by atoms with Gasteiger partial charge >= 0.3 is 26.8 Å². The molecule has 1 unspecified atom stereocenters. The van der Waals surface area contributed by atoms with Gasteiger partial charge in [-0.05, 0) is 70.5 Å². The van der Waals surface area contributed by atoms with Crippen molar-refractivity contribution in [3.05, 3.63) is 136 Å². The molecule has 0 bridgehead atoms. The number of nitrogens with zero attached hydrogens (tertiary/aromatic N) is 5.